The van der Waals surface area contributed by atoms with Crippen molar-refractivity contribution in [2.75, 3.05) is 13.7 Å². The fourth-order valence-electron chi connectivity index (χ4n) is 5.30. The lowest BCUT2D eigenvalue weighted by molar-refractivity contribution is -0.133. The molecule has 172 valence electrons. The Balaban J connectivity index is 1.53. The average molecular weight is 446 g/mol. The van der Waals surface area contributed by atoms with Crippen molar-refractivity contribution in [1.82, 2.24) is 14.8 Å². The van der Waals surface area contributed by atoms with Crippen molar-refractivity contribution in [2.24, 2.45) is 0 Å². The van der Waals surface area contributed by atoms with Crippen molar-refractivity contribution in [1.29, 1.82) is 0 Å². The largest absolute Gasteiger partial charge is 0.497 e. The van der Waals surface area contributed by atoms with Crippen LogP contribution in [0.25, 0.3) is 10.9 Å². The lowest BCUT2D eigenvalue weighted by Crippen LogP contribution is -2.65. The molecule has 1 aliphatic heterocycles. The van der Waals surface area contributed by atoms with Crippen LogP contribution in [-0.4, -0.2) is 46.5 Å². The van der Waals surface area contributed by atoms with Crippen LogP contribution in [0.3, 0.4) is 0 Å². The molecular weight excluding hydrogens is 414 g/mol. The summed E-state index contributed by atoms with van der Waals surface area (Å²) in [5, 5.41) is 4.24. The molecule has 6 nitrogen and oxygen atoms in total. The number of methoxy groups -OCH3 is 1. The van der Waals surface area contributed by atoms with E-state index >= 15 is 0 Å². The second-order valence-electron chi connectivity index (χ2n) is 9.46. The van der Waals surface area contributed by atoms with Crippen LogP contribution in [0.1, 0.15) is 48.7 Å². The zero-order valence-corrected chi connectivity index (χ0v) is 19.3. The summed E-state index contributed by atoms with van der Waals surface area (Å²) in [4.78, 5) is 29.3. The number of hydrogen-bond acceptors (Lipinski definition) is 3. The van der Waals surface area contributed by atoms with Gasteiger partial charge in [-0.15, -0.1) is 0 Å². The third-order valence-corrected chi connectivity index (χ3v) is 7.28. The maximum atomic E-state index is 13.8. The maximum Gasteiger partial charge on any atom is 0.271 e. The molecule has 2 amide bonds. The Labute approximate surface area is 194 Å². The van der Waals surface area contributed by atoms with Gasteiger partial charge in [-0.3, -0.25) is 9.59 Å². The van der Waals surface area contributed by atoms with Gasteiger partial charge in [-0.1, -0.05) is 43.2 Å². The number of ether oxygens (including phenoxy) is 1. The van der Waals surface area contributed by atoms with E-state index in [9.17, 15) is 9.59 Å². The van der Waals surface area contributed by atoms with Crippen LogP contribution in [0.2, 0.25) is 0 Å². The topological polar surface area (TPSA) is 63.6 Å². The molecule has 1 N–H and O–H groups in total. The fourth-order valence-corrected chi connectivity index (χ4v) is 5.30. The minimum absolute atomic E-state index is 0.0637. The molecule has 3 aromatic rings. The summed E-state index contributed by atoms with van der Waals surface area (Å²) >= 11 is 0. The van der Waals surface area contributed by atoms with Gasteiger partial charge in [0.1, 0.15) is 17.0 Å². The lowest BCUT2D eigenvalue weighted by Gasteiger charge is -2.44. The highest BCUT2D eigenvalue weighted by molar-refractivity contribution is 6.03. The number of hydrogen-bond donors (Lipinski definition) is 1. The van der Waals surface area contributed by atoms with Gasteiger partial charge < -0.3 is 19.5 Å². The number of rotatable bonds is 6. The van der Waals surface area contributed by atoms with Crippen LogP contribution in [0.4, 0.5) is 0 Å². The first-order chi connectivity index (χ1) is 16.0. The minimum atomic E-state index is -0.976. The molecule has 33 heavy (non-hydrogen) atoms. The Morgan fingerprint density at radius 1 is 1.12 bits per heavy atom. The number of fused-ring (bicyclic) bond motifs is 3. The Bertz CT molecular complexity index is 1180. The van der Waals surface area contributed by atoms with Crippen molar-refractivity contribution in [3.8, 4) is 5.75 Å². The zero-order valence-electron chi connectivity index (χ0n) is 19.3. The first-order valence-electron chi connectivity index (χ1n) is 11.8. The molecule has 1 aliphatic carbocycles. The van der Waals surface area contributed by atoms with Gasteiger partial charge in [0.05, 0.1) is 19.2 Å². The molecule has 0 radical (unpaired) electrons. The molecule has 0 saturated heterocycles. The predicted molar refractivity (Wildman–Crippen MR) is 128 cm³/mol. The predicted octanol–water partition coefficient (Wildman–Crippen LogP) is 4.17. The van der Waals surface area contributed by atoms with Crippen LogP contribution in [0.15, 0.2) is 54.6 Å². The van der Waals surface area contributed by atoms with Gasteiger partial charge in [-0.2, -0.15) is 0 Å². The number of carbonyl (C=O) groups excluding carboxylic acids is 2. The molecule has 6 heteroatoms. The van der Waals surface area contributed by atoms with E-state index in [1.54, 1.807) is 12.0 Å². The lowest BCUT2D eigenvalue weighted by atomic mass is 9.93. The van der Waals surface area contributed by atoms with Crippen LogP contribution in [-0.2, 0) is 17.8 Å². The van der Waals surface area contributed by atoms with Crippen LogP contribution < -0.4 is 10.1 Å². The summed E-state index contributed by atoms with van der Waals surface area (Å²) in [6, 6.07) is 18.1. The van der Waals surface area contributed by atoms with Gasteiger partial charge in [-0.05, 0) is 49.9 Å². The molecule has 0 spiro atoms. The minimum Gasteiger partial charge on any atom is -0.497 e. The normalized spacial score (nSPS) is 20.8. The molecule has 2 heterocycles. The quantitative estimate of drug-likeness (QED) is 0.620. The Morgan fingerprint density at radius 3 is 2.61 bits per heavy atom. The molecule has 5 rings (SSSR count). The smallest absolute Gasteiger partial charge is 0.271 e. The van der Waals surface area contributed by atoms with E-state index in [2.05, 4.69) is 17.4 Å². The number of benzene rings is 2. The van der Waals surface area contributed by atoms with Crippen LogP contribution in [0.5, 0.6) is 5.75 Å². The van der Waals surface area contributed by atoms with Crippen molar-refractivity contribution in [3.63, 3.8) is 0 Å². The summed E-state index contributed by atoms with van der Waals surface area (Å²) in [6.45, 7) is 2.81. The highest BCUT2D eigenvalue weighted by atomic mass is 16.5. The molecule has 0 unspecified atom stereocenters. The number of nitrogens with one attached hydrogen (secondary N) is 1. The molecule has 2 aromatic carbocycles. The highest BCUT2D eigenvalue weighted by Gasteiger charge is 2.48. The van der Waals surface area contributed by atoms with Gasteiger partial charge >= 0.3 is 0 Å². The van der Waals surface area contributed by atoms with Gasteiger partial charge in [-0.25, -0.2) is 0 Å². The maximum absolute atomic E-state index is 13.8. The number of amides is 2. The third-order valence-electron chi connectivity index (χ3n) is 7.28. The summed E-state index contributed by atoms with van der Waals surface area (Å²) in [5.74, 6) is 0.571. The van der Waals surface area contributed by atoms with Crippen LogP contribution >= 0.6 is 0 Å². The van der Waals surface area contributed by atoms with E-state index in [4.69, 9.17) is 4.74 Å². The Morgan fingerprint density at radius 2 is 1.88 bits per heavy atom. The first kappa shape index (κ1) is 21.6. The number of aromatic nitrogens is 1. The average Bonchev–Trinajstić information content (AvgIpc) is 3.47. The second kappa shape index (κ2) is 8.58. The van der Waals surface area contributed by atoms with Gasteiger partial charge in [0.2, 0.25) is 5.91 Å². The van der Waals surface area contributed by atoms with Crippen molar-refractivity contribution in [3.05, 3.63) is 65.9 Å². The number of carbonyl (C=O) groups is 2. The molecule has 1 atom stereocenters. The second-order valence-corrected chi connectivity index (χ2v) is 9.46. The van der Waals surface area contributed by atoms with Crippen molar-refractivity contribution < 1.29 is 14.3 Å². The highest BCUT2D eigenvalue weighted by Crippen LogP contribution is 2.34. The molecule has 1 fully saturated rings. The van der Waals surface area contributed by atoms with Crippen LogP contribution in [0, 0.1) is 0 Å². The summed E-state index contributed by atoms with van der Waals surface area (Å²) in [7, 11) is 1.64. The first-order valence-corrected chi connectivity index (χ1v) is 11.8. The Kier molecular flexibility index (Phi) is 5.60. The SMILES string of the molecule is COc1ccc2cc3n(c2c1)C[C@](C)(C(=O)NC1CCCC1)N(CCc1ccccc1)C3=O. The summed E-state index contributed by atoms with van der Waals surface area (Å²) in [6.07, 6.45) is 5.01. The van der Waals surface area contributed by atoms with E-state index in [0.717, 1.165) is 47.9 Å². The van der Waals surface area contributed by atoms with E-state index in [0.29, 0.717) is 25.2 Å². The standard InChI is InChI=1S/C27H31N3O3/c1-27(26(32)28-21-10-6-7-11-21)18-29-23-17-22(33-2)13-12-20(23)16-24(29)25(31)30(27)15-14-19-8-4-3-5-9-19/h3-5,8-9,12-13,16-17,21H,6-7,10-11,14-15,18H2,1-2H3,(H,28,32)/t27-/m1/s1. The summed E-state index contributed by atoms with van der Waals surface area (Å²) in [5.41, 5.74) is 1.72. The van der Waals surface area contributed by atoms with Gasteiger partial charge in [0.25, 0.3) is 5.91 Å². The van der Waals surface area contributed by atoms with Crippen molar-refractivity contribution in [2.45, 2.75) is 57.2 Å². The molecule has 1 aromatic heterocycles. The summed E-state index contributed by atoms with van der Waals surface area (Å²) < 4.78 is 7.41. The Hall–Kier alpha value is -3.28. The third kappa shape index (κ3) is 3.88. The molecule has 1 saturated carbocycles. The van der Waals surface area contributed by atoms with Crippen molar-refractivity contribution >= 4 is 22.7 Å². The zero-order chi connectivity index (χ0) is 23.0. The fraction of sp³-hybridized carbons (Fsp3) is 0.407. The monoisotopic (exact) mass is 445 g/mol. The van der Waals surface area contributed by atoms with E-state index < -0.39 is 5.54 Å². The van der Waals surface area contributed by atoms with Gasteiger partial charge in [0, 0.05) is 24.0 Å². The van der Waals surface area contributed by atoms with E-state index in [1.807, 2.05) is 54.0 Å². The van der Waals surface area contributed by atoms with E-state index in [-0.39, 0.29) is 17.9 Å². The number of nitrogens with zero attached hydrogens (tertiary/aromatic N) is 2. The molecule has 0 bridgehead atoms. The molecular formula is C27H31N3O3. The van der Waals surface area contributed by atoms with Gasteiger partial charge in [0.15, 0.2) is 0 Å². The van der Waals surface area contributed by atoms with E-state index in [1.165, 1.54) is 0 Å². The molecule has 2 aliphatic rings.